The maximum Gasteiger partial charge on any atom is 0.431 e. The monoisotopic (exact) mass is 616 g/mol. The molecule has 0 bridgehead atoms. The maximum absolute atomic E-state index is 14.2. The minimum absolute atomic E-state index is 0.00384. The van der Waals surface area contributed by atoms with E-state index in [0.29, 0.717) is 20.8 Å². The van der Waals surface area contributed by atoms with Gasteiger partial charge in [-0.05, 0) is 76.0 Å². The van der Waals surface area contributed by atoms with Crippen molar-refractivity contribution in [1.82, 2.24) is 9.13 Å². The normalized spacial score (nSPS) is 12.0. The number of carbonyl (C=O) groups excluding carboxylic acids is 1. The van der Waals surface area contributed by atoms with Crippen molar-refractivity contribution >= 4 is 49.9 Å². The van der Waals surface area contributed by atoms with Crippen LogP contribution in [0.4, 0.5) is 13.2 Å². The highest BCUT2D eigenvalue weighted by Crippen LogP contribution is 2.33. The highest BCUT2D eigenvalue weighted by atomic mass is 35.5. The maximum atomic E-state index is 14.2. The molecule has 1 aromatic heterocycles. The van der Waals surface area contributed by atoms with Gasteiger partial charge in [-0.1, -0.05) is 72.3 Å². The van der Waals surface area contributed by atoms with Crippen LogP contribution in [0, 0.1) is 0 Å². The molecular weight excluding hydrogens is 593 g/mol. The zero-order chi connectivity index (χ0) is 31.3. The lowest BCUT2D eigenvalue weighted by Gasteiger charge is -2.18. The Morgan fingerprint density at radius 3 is 2.18 bits per heavy atom. The summed E-state index contributed by atoms with van der Waals surface area (Å²) >= 11 is 6.17. The van der Waals surface area contributed by atoms with Crippen molar-refractivity contribution in [3.05, 3.63) is 134 Å². The summed E-state index contributed by atoms with van der Waals surface area (Å²) in [6.07, 6.45) is -5.47. The third-order valence-corrected chi connectivity index (χ3v) is 7.73. The molecule has 0 spiro atoms. The molecule has 44 heavy (non-hydrogen) atoms. The summed E-state index contributed by atoms with van der Waals surface area (Å²) in [6.45, 7) is 2.79. The second kappa shape index (κ2) is 11.0. The number of fused-ring (bicyclic) bond motifs is 5. The van der Waals surface area contributed by atoms with Gasteiger partial charge in [-0.2, -0.15) is 13.2 Å². The number of carbonyl (C=O) groups is 1. The molecule has 0 amide bonds. The van der Waals surface area contributed by atoms with E-state index in [1.807, 2.05) is 48.5 Å². The Hall–Kier alpha value is -4.89. The molecule has 0 unspecified atom stereocenters. The zero-order valence-corrected chi connectivity index (χ0v) is 24.2. The summed E-state index contributed by atoms with van der Waals surface area (Å²) in [7, 11) is 0. The van der Waals surface area contributed by atoms with E-state index in [4.69, 9.17) is 16.3 Å². The number of aromatic nitrogens is 2. The molecule has 6 aromatic rings. The number of rotatable bonds is 5. The minimum Gasteiger partial charge on any atom is -0.459 e. The van der Waals surface area contributed by atoms with Gasteiger partial charge < -0.3 is 4.74 Å². The van der Waals surface area contributed by atoms with Crippen LogP contribution in [0.5, 0.6) is 0 Å². The molecule has 1 heterocycles. The van der Waals surface area contributed by atoms with Crippen LogP contribution in [0.2, 0.25) is 5.02 Å². The predicted molar refractivity (Wildman–Crippen MR) is 165 cm³/mol. The molecule has 0 atom stereocenters. The van der Waals surface area contributed by atoms with Crippen LogP contribution < -0.4 is 11.2 Å². The number of nitrogens with zero attached hydrogens (tertiary/aromatic N) is 2. The lowest BCUT2D eigenvalue weighted by atomic mass is 9.96. The zero-order valence-electron chi connectivity index (χ0n) is 23.5. The van der Waals surface area contributed by atoms with Crippen molar-refractivity contribution in [2.45, 2.75) is 32.7 Å². The van der Waals surface area contributed by atoms with Gasteiger partial charge in [-0.3, -0.25) is 9.36 Å². The molecule has 0 N–H and O–H groups in total. The average molecular weight is 617 g/mol. The molecule has 222 valence electrons. The molecule has 0 saturated carbocycles. The fourth-order valence-corrected chi connectivity index (χ4v) is 5.63. The van der Waals surface area contributed by atoms with E-state index in [1.54, 1.807) is 32.0 Å². The van der Waals surface area contributed by atoms with Gasteiger partial charge >= 0.3 is 17.8 Å². The number of esters is 1. The summed E-state index contributed by atoms with van der Waals surface area (Å²) in [4.78, 5) is 39.3. The van der Waals surface area contributed by atoms with E-state index >= 15 is 0 Å². The van der Waals surface area contributed by atoms with Gasteiger partial charge in [0.25, 0.3) is 5.56 Å². The molecule has 5 aromatic carbocycles. The van der Waals surface area contributed by atoms with Gasteiger partial charge in [0.05, 0.1) is 28.9 Å². The van der Waals surface area contributed by atoms with E-state index in [9.17, 15) is 27.6 Å². The molecule has 6 rings (SSSR count). The topological polar surface area (TPSA) is 70.3 Å². The smallest absolute Gasteiger partial charge is 0.431 e. The van der Waals surface area contributed by atoms with Crippen molar-refractivity contribution in [1.29, 1.82) is 0 Å². The fourth-order valence-electron chi connectivity index (χ4n) is 5.44. The van der Waals surface area contributed by atoms with Crippen LogP contribution in [0.1, 0.15) is 35.5 Å². The van der Waals surface area contributed by atoms with Crippen LogP contribution >= 0.6 is 11.6 Å². The number of benzene rings is 5. The summed E-state index contributed by atoms with van der Waals surface area (Å²) in [6, 6.07) is 25.1. The Morgan fingerprint density at radius 1 is 0.818 bits per heavy atom. The molecular formula is C34H24ClF3N2O4. The molecule has 0 aliphatic carbocycles. The van der Waals surface area contributed by atoms with Gasteiger partial charge in [0.2, 0.25) is 0 Å². The Bertz CT molecular complexity index is 2240. The van der Waals surface area contributed by atoms with Gasteiger partial charge in [0, 0.05) is 6.07 Å². The van der Waals surface area contributed by atoms with Gasteiger partial charge in [-0.15, -0.1) is 0 Å². The van der Waals surface area contributed by atoms with Gasteiger partial charge in [-0.25, -0.2) is 14.2 Å². The standard InChI is InChI=1S/C34H24ClF3N2O4/c1-19(2)44-32(42)28-16-23(11-14-29(28)35)40-31(41)17-30(34(36,37)38)39(33(40)43)18-20-7-8-22-10-12-25-24-6-4-3-5-21(24)9-13-26(25)27(22)15-20/h3-17,19H,18H2,1-2H3. The highest BCUT2D eigenvalue weighted by Gasteiger charge is 2.36. The Labute approximate surface area is 253 Å². The van der Waals surface area contributed by atoms with Crippen LogP contribution in [-0.2, 0) is 17.5 Å². The van der Waals surface area contributed by atoms with Crippen LogP contribution in [0.15, 0.2) is 101 Å². The molecule has 0 saturated heterocycles. The summed E-state index contributed by atoms with van der Waals surface area (Å²) in [5.41, 5.74) is -3.65. The fraction of sp³-hybridized carbons (Fsp3) is 0.147. The first kappa shape index (κ1) is 29.2. The summed E-state index contributed by atoms with van der Waals surface area (Å²) in [5.74, 6) is -0.802. The summed E-state index contributed by atoms with van der Waals surface area (Å²) in [5, 5.41) is 5.69. The Balaban J connectivity index is 1.51. The van der Waals surface area contributed by atoms with E-state index in [2.05, 4.69) is 0 Å². The van der Waals surface area contributed by atoms with Crippen molar-refractivity contribution in [3.8, 4) is 5.69 Å². The average Bonchev–Trinajstić information content (AvgIpc) is 2.98. The van der Waals surface area contributed by atoms with Crippen LogP contribution in [0.3, 0.4) is 0 Å². The molecule has 0 fully saturated rings. The third-order valence-electron chi connectivity index (χ3n) is 7.40. The first-order chi connectivity index (χ1) is 20.9. The lowest BCUT2D eigenvalue weighted by Crippen LogP contribution is -2.42. The number of ether oxygens (including phenoxy) is 1. The van der Waals surface area contributed by atoms with E-state index in [0.717, 1.165) is 38.4 Å². The summed E-state index contributed by atoms with van der Waals surface area (Å²) < 4.78 is 48.9. The Kier molecular flexibility index (Phi) is 7.29. The number of hydrogen-bond acceptors (Lipinski definition) is 4. The van der Waals surface area contributed by atoms with Crippen molar-refractivity contribution < 1.29 is 22.7 Å². The second-order valence-electron chi connectivity index (χ2n) is 10.7. The molecule has 0 radical (unpaired) electrons. The van der Waals surface area contributed by atoms with Gasteiger partial charge in [0.15, 0.2) is 0 Å². The number of alkyl halides is 3. The molecule has 0 aliphatic heterocycles. The largest absolute Gasteiger partial charge is 0.459 e. The van der Waals surface area contributed by atoms with E-state index in [-0.39, 0.29) is 16.3 Å². The lowest BCUT2D eigenvalue weighted by molar-refractivity contribution is -0.144. The second-order valence-corrected chi connectivity index (χ2v) is 11.1. The predicted octanol–water partition coefficient (Wildman–Crippen LogP) is 7.74. The Morgan fingerprint density at radius 2 is 1.48 bits per heavy atom. The third kappa shape index (κ3) is 5.24. The van der Waals surface area contributed by atoms with Crippen molar-refractivity contribution in [3.63, 3.8) is 0 Å². The van der Waals surface area contributed by atoms with Crippen molar-refractivity contribution in [2.75, 3.05) is 0 Å². The minimum atomic E-state index is -4.99. The van der Waals surface area contributed by atoms with E-state index in [1.165, 1.54) is 12.1 Å². The SMILES string of the molecule is CC(C)OC(=O)c1cc(-n2c(=O)cc(C(F)(F)F)n(Cc3ccc4ccc5c6ccccc6ccc5c4c3)c2=O)ccc1Cl. The molecule has 0 aliphatic rings. The number of halogens is 4. The molecule has 10 heteroatoms. The number of hydrogen-bond donors (Lipinski definition) is 0. The van der Waals surface area contributed by atoms with Crippen molar-refractivity contribution in [2.24, 2.45) is 0 Å². The van der Waals surface area contributed by atoms with Crippen LogP contribution in [0.25, 0.3) is 38.0 Å². The molecule has 6 nitrogen and oxygen atoms in total. The first-order valence-electron chi connectivity index (χ1n) is 13.7. The van der Waals surface area contributed by atoms with E-state index < -0.39 is 41.7 Å². The van der Waals surface area contributed by atoms with Gasteiger partial charge in [0.1, 0.15) is 5.69 Å². The first-order valence-corrected chi connectivity index (χ1v) is 14.1. The highest BCUT2D eigenvalue weighted by molar-refractivity contribution is 6.33. The quantitative estimate of drug-likeness (QED) is 0.147. The van der Waals surface area contributed by atoms with Crippen LogP contribution in [-0.4, -0.2) is 21.2 Å².